The van der Waals surface area contributed by atoms with Crippen molar-refractivity contribution in [2.75, 3.05) is 56.3 Å². The van der Waals surface area contributed by atoms with E-state index >= 15 is 0 Å². The number of anilines is 2. The van der Waals surface area contributed by atoms with Gasteiger partial charge in [-0.15, -0.1) is 0 Å². The van der Waals surface area contributed by atoms with Gasteiger partial charge in [-0.1, -0.05) is 6.92 Å². The molecule has 0 aromatic heterocycles. The molecule has 36 heavy (non-hydrogen) atoms. The number of amides is 1. The molecule has 11 nitrogen and oxygen atoms in total. The summed E-state index contributed by atoms with van der Waals surface area (Å²) in [4.78, 5) is 12.9. The fourth-order valence-corrected chi connectivity index (χ4v) is 5.61. The maximum Gasteiger partial charge on any atom is 0.265 e. The normalized spacial score (nSPS) is 15.7. The van der Waals surface area contributed by atoms with Crippen molar-refractivity contribution in [3.05, 3.63) is 42.5 Å². The van der Waals surface area contributed by atoms with Crippen LogP contribution < -0.4 is 19.1 Å². The van der Waals surface area contributed by atoms with E-state index in [0.29, 0.717) is 31.1 Å². The van der Waals surface area contributed by atoms with Crippen LogP contribution in [0.2, 0.25) is 0 Å². The third-order valence-corrected chi connectivity index (χ3v) is 8.78. The number of carbonyl (C=O) groups is 1. The summed E-state index contributed by atoms with van der Waals surface area (Å²) in [6, 6.07) is 10.7. The molecule has 1 heterocycles. The van der Waals surface area contributed by atoms with Crippen molar-refractivity contribution < 1.29 is 35.8 Å². The van der Waals surface area contributed by atoms with Crippen LogP contribution in [-0.2, 0) is 29.6 Å². The van der Waals surface area contributed by atoms with E-state index in [9.17, 15) is 21.6 Å². The predicted octanol–water partition coefficient (Wildman–Crippen LogP) is 1.91. The zero-order valence-electron chi connectivity index (χ0n) is 20.6. The van der Waals surface area contributed by atoms with Crippen molar-refractivity contribution in [3.63, 3.8) is 0 Å². The molecule has 2 aromatic carbocycles. The molecule has 0 radical (unpaired) electrons. The first kappa shape index (κ1) is 27.7. The Labute approximate surface area is 212 Å². The number of hydrogen-bond donors (Lipinski definition) is 1. The maximum atomic E-state index is 13.2. The average Bonchev–Trinajstić information content (AvgIpc) is 2.87. The Kier molecular flexibility index (Phi) is 8.82. The molecule has 1 fully saturated rings. The number of hydrogen-bond acceptors (Lipinski definition) is 8. The quantitative estimate of drug-likeness (QED) is 0.483. The van der Waals surface area contributed by atoms with E-state index < -0.39 is 32.1 Å². The third kappa shape index (κ3) is 6.46. The summed E-state index contributed by atoms with van der Waals surface area (Å²) in [5, 5.41) is 2.71. The molecular weight excluding hydrogens is 510 g/mol. The zero-order chi connectivity index (χ0) is 26.5. The Hall–Kier alpha value is -2.87. The number of ether oxygens (including phenoxy) is 3. The van der Waals surface area contributed by atoms with Crippen molar-refractivity contribution in [2.45, 2.75) is 24.3 Å². The van der Waals surface area contributed by atoms with Crippen molar-refractivity contribution in [1.29, 1.82) is 0 Å². The zero-order valence-corrected chi connectivity index (χ0v) is 22.3. The van der Waals surface area contributed by atoms with Crippen molar-refractivity contribution in [2.24, 2.45) is 0 Å². The minimum Gasteiger partial charge on any atom is -0.495 e. The van der Waals surface area contributed by atoms with Crippen LogP contribution in [0, 0.1) is 0 Å². The largest absolute Gasteiger partial charge is 0.495 e. The number of sulfonamides is 2. The number of benzene rings is 2. The van der Waals surface area contributed by atoms with Crippen LogP contribution in [0.4, 0.5) is 11.4 Å². The molecule has 1 N–H and O–H groups in total. The van der Waals surface area contributed by atoms with Gasteiger partial charge in [0.25, 0.3) is 5.91 Å². The first-order valence-electron chi connectivity index (χ1n) is 11.2. The van der Waals surface area contributed by atoms with Crippen LogP contribution in [-0.4, -0.2) is 79.9 Å². The summed E-state index contributed by atoms with van der Waals surface area (Å²) in [6.07, 6.45) is 0.572. The van der Waals surface area contributed by atoms with Crippen LogP contribution in [0.3, 0.4) is 0 Å². The Morgan fingerprint density at radius 3 is 2.31 bits per heavy atom. The summed E-state index contributed by atoms with van der Waals surface area (Å²) in [6.45, 7) is 2.84. The van der Waals surface area contributed by atoms with E-state index in [1.54, 1.807) is 37.3 Å². The number of rotatable bonds is 10. The van der Waals surface area contributed by atoms with Crippen LogP contribution >= 0.6 is 0 Å². The van der Waals surface area contributed by atoms with Gasteiger partial charge in [0, 0.05) is 25.8 Å². The highest BCUT2D eigenvalue weighted by molar-refractivity contribution is 7.92. The molecule has 198 valence electrons. The molecule has 13 heteroatoms. The highest BCUT2D eigenvalue weighted by Crippen LogP contribution is 2.30. The van der Waals surface area contributed by atoms with Crippen molar-refractivity contribution in [1.82, 2.24) is 4.31 Å². The van der Waals surface area contributed by atoms with Gasteiger partial charge >= 0.3 is 0 Å². The minimum absolute atomic E-state index is 0.0516. The Morgan fingerprint density at radius 2 is 1.75 bits per heavy atom. The standard InChI is InChI=1S/C23H31N3O8S2/c1-5-20(34-19-9-7-18(8-10-19)25(2)35(4,28)29)23(27)24-17-6-11-21(32-3)22(16-17)36(30,31)26-12-14-33-15-13-26/h6-11,16,20H,5,12-15H2,1-4H3,(H,24,27). The molecule has 1 aliphatic rings. The number of nitrogens with one attached hydrogen (secondary N) is 1. The SMILES string of the molecule is CCC(Oc1ccc(N(C)S(C)(=O)=O)cc1)C(=O)Nc1ccc(OC)c(S(=O)(=O)N2CCOCC2)c1. The fourth-order valence-electron chi connectivity index (χ4n) is 3.52. The summed E-state index contributed by atoms with van der Waals surface area (Å²) in [7, 11) is -4.44. The average molecular weight is 542 g/mol. The minimum atomic E-state index is -3.86. The number of carbonyl (C=O) groups excluding carboxylic acids is 1. The Balaban J connectivity index is 1.76. The van der Waals surface area contributed by atoms with E-state index in [1.165, 1.54) is 30.6 Å². The molecular formula is C23H31N3O8S2. The van der Waals surface area contributed by atoms with E-state index in [2.05, 4.69) is 5.32 Å². The summed E-state index contributed by atoms with van der Waals surface area (Å²) >= 11 is 0. The van der Waals surface area contributed by atoms with Crippen LogP contribution in [0.25, 0.3) is 0 Å². The van der Waals surface area contributed by atoms with Gasteiger partial charge in [-0.05, 0) is 48.9 Å². The van der Waals surface area contributed by atoms with Crippen LogP contribution in [0.1, 0.15) is 13.3 Å². The van der Waals surface area contributed by atoms with E-state index in [0.717, 1.165) is 10.6 Å². The van der Waals surface area contributed by atoms with Gasteiger partial charge in [-0.25, -0.2) is 16.8 Å². The molecule has 0 bridgehead atoms. The van der Waals surface area contributed by atoms with Crippen molar-refractivity contribution in [3.8, 4) is 11.5 Å². The molecule has 2 aromatic rings. The fraction of sp³-hybridized carbons (Fsp3) is 0.435. The van der Waals surface area contributed by atoms with Gasteiger partial charge in [0.15, 0.2) is 6.10 Å². The summed E-state index contributed by atoms with van der Waals surface area (Å²) in [5.41, 5.74) is 0.731. The molecule has 0 aliphatic carbocycles. The lowest BCUT2D eigenvalue weighted by molar-refractivity contribution is -0.122. The molecule has 1 saturated heterocycles. The van der Waals surface area contributed by atoms with Crippen LogP contribution in [0.5, 0.6) is 11.5 Å². The Bertz CT molecular complexity index is 1270. The molecule has 1 aliphatic heterocycles. The second-order valence-electron chi connectivity index (χ2n) is 8.11. The topological polar surface area (TPSA) is 132 Å². The number of methoxy groups -OCH3 is 1. The third-order valence-electron chi connectivity index (χ3n) is 5.66. The van der Waals surface area contributed by atoms with Gasteiger partial charge in [-0.2, -0.15) is 4.31 Å². The van der Waals surface area contributed by atoms with Crippen molar-refractivity contribution >= 4 is 37.3 Å². The highest BCUT2D eigenvalue weighted by Gasteiger charge is 2.30. The van der Waals surface area contributed by atoms with E-state index in [4.69, 9.17) is 14.2 Å². The lowest BCUT2D eigenvalue weighted by Crippen LogP contribution is -2.40. The second-order valence-corrected chi connectivity index (χ2v) is 12.0. The smallest absolute Gasteiger partial charge is 0.265 e. The number of nitrogens with zero attached hydrogens (tertiary/aromatic N) is 2. The summed E-state index contributed by atoms with van der Waals surface area (Å²) < 4.78 is 68.6. The Morgan fingerprint density at radius 1 is 1.11 bits per heavy atom. The molecule has 0 saturated carbocycles. The molecule has 1 atom stereocenters. The lowest BCUT2D eigenvalue weighted by Gasteiger charge is -2.27. The first-order valence-corrected chi connectivity index (χ1v) is 14.5. The molecule has 3 rings (SSSR count). The van der Waals surface area contributed by atoms with Gasteiger partial charge < -0.3 is 19.5 Å². The molecule has 1 unspecified atom stereocenters. The van der Waals surface area contributed by atoms with Crippen LogP contribution in [0.15, 0.2) is 47.4 Å². The predicted molar refractivity (Wildman–Crippen MR) is 136 cm³/mol. The second kappa shape index (κ2) is 11.5. The van der Waals surface area contributed by atoms with Gasteiger partial charge in [0.1, 0.15) is 16.4 Å². The molecule has 0 spiro atoms. The molecule has 1 amide bonds. The van der Waals surface area contributed by atoms with E-state index in [-0.39, 0.29) is 29.4 Å². The van der Waals surface area contributed by atoms with Gasteiger partial charge in [0.2, 0.25) is 20.0 Å². The van der Waals surface area contributed by atoms with Gasteiger partial charge in [0.05, 0.1) is 32.3 Å². The highest BCUT2D eigenvalue weighted by atomic mass is 32.2. The van der Waals surface area contributed by atoms with E-state index in [1.807, 2.05) is 0 Å². The maximum absolute atomic E-state index is 13.2. The monoisotopic (exact) mass is 541 g/mol. The van der Waals surface area contributed by atoms with Gasteiger partial charge in [-0.3, -0.25) is 9.10 Å². The lowest BCUT2D eigenvalue weighted by atomic mass is 10.2. The first-order chi connectivity index (χ1) is 17.0. The summed E-state index contributed by atoms with van der Waals surface area (Å²) in [5.74, 6) is 0.0876. The number of morpholine rings is 1.